The molecule has 3 rings (SSSR count). The zero-order valence-electron chi connectivity index (χ0n) is 15.0. The second kappa shape index (κ2) is 7.76. The van der Waals surface area contributed by atoms with Crippen molar-refractivity contribution in [2.45, 2.75) is 37.8 Å². The largest absolute Gasteiger partial charge is 0.468 e. The van der Waals surface area contributed by atoms with E-state index in [-0.39, 0.29) is 19.1 Å². The van der Waals surface area contributed by atoms with Crippen LogP contribution in [0.25, 0.3) is 0 Å². The highest BCUT2D eigenvalue weighted by Gasteiger charge is 2.53. The number of methoxy groups -OCH3 is 1. The molecule has 0 unspecified atom stereocenters. The van der Waals surface area contributed by atoms with Crippen LogP contribution in [0.1, 0.15) is 31.2 Å². The van der Waals surface area contributed by atoms with Crippen LogP contribution in [0.15, 0.2) is 30.3 Å². The van der Waals surface area contributed by atoms with E-state index in [4.69, 9.17) is 4.74 Å². The molecule has 7 heteroatoms. The second-order valence-corrected chi connectivity index (χ2v) is 6.73. The SMILES string of the molecule is COC(=O)CN1CCC[C@@]2(CCCN2C(=O)OCc2ccccc2)C1=O. The molecule has 26 heavy (non-hydrogen) atoms. The molecule has 140 valence electrons. The maximum atomic E-state index is 13.1. The molecule has 2 fully saturated rings. The van der Waals surface area contributed by atoms with Gasteiger partial charge in [-0.1, -0.05) is 30.3 Å². The fourth-order valence-corrected chi connectivity index (χ4v) is 3.86. The van der Waals surface area contributed by atoms with E-state index < -0.39 is 17.6 Å². The number of likely N-dealkylation sites (tertiary alicyclic amines) is 2. The number of esters is 1. The third-order valence-corrected chi connectivity index (χ3v) is 5.17. The monoisotopic (exact) mass is 360 g/mol. The highest BCUT2D eigenvalue weighted by Crippen LogP contribution is 2.38. The van der Waals surface area contributed by atoms with Gasteiger partial charge in [0.2, 0.25) is 5.91 Å². The molecule has 0 N–H and O–H groups in total. The van der Waals surface area contributed by atoms with Crippen molar-refractivity contribution < 1.29 is 23.9 Å². The molecule has 0 saturated carbocycles. The Kier molecular flexibility index (Phi) is 5.44. The highest BCUT2D eigenvalue weighted by molar-refractivity contribution is 5.93. The van der Waals surface area contributed by atoms with Crippen LogP contribution in [0.2, 0.25) is 0 Å². The van der Waals surface area contributed by atoms with E-state index in [1.807, 2.05) is 30.3 Å². The van der Waals surface area contributed by atoms with Crippen molar-refractivity contribution in [3.63, 3.8) is 0 Å². The molecule has 0 radical (unpaired) electrons. The molecule has 2 amide bonds. The minimum atomic E-state index is -0.889. The first-order chi connectivity index (χ1) is 12.6. The van der Waals surface area contributed by atoms with Crippen molar-refractivity contribution in [3.8, 4) is 0 Å². The summed E-state index contributed by atoms with van der Waals surface area (Å²) in [5, 5.41) is 0. The lowest BCUT2D eigenvalue weighted by Crippen LogP contribution is -2.62. The number of piperidine rings is 1. The van der Waals surface area contributed by atoms with Crippen molar-refractivity contribution >= 4 is 18.0 Å². The Balaban J connectivity index is 1.70. The molecule has 2 aliphatic heterocycles. The third kappa shape index (κ3) is 3.52. The van der Waals surface area contributed by atoms with Gasteiger partial charge in [0, 0.05) is 13.1 Å². The number of hydrogen-bond acceptors (Lipinski definition) is 5. The van der Waals surface area contributed by atoms with Gasteiger partial charge in [-0.25, -0.2) is 4.79 Å². The van der Waals surface area contributed by atoms with Gasteiger partial charge in [-0.2, -0.15) is 0 Å². The minimum absolute atomic E-state index is 0.0794. The van der Waals surface area contributed by atoms with E-state index in [1.54, 1.807) is 4.90 Å². The summed E-state index contributed by atoms with van der Waals surface area (Å²) in [6, 6.07) is 9.44. The number of amides is 2. The van der Waals surface area contributed by atoms with Crippen LogP contribution >= 0.6 is 0 Å². The van der Waals surface area contributed by atoms with E-state index in [0.717, 1.165) is 18.4 Å². The maximum Gasteiger partial charge on any atom is 0.411 e. The van der Waals surface area contributed by atoms with Gasteiger partial charge in [0.05, 0.1) is 7.11 Å². The van der Waals surface area contributed by atoms with Crippen LogP contribution in [-0.4, -0.2) is 60.1 Å². The first kappa shape index (κ1) is 18.2. The molecule has 0 bridgehead atoms. The van der Waals surface area contributed by atoms with E-state index in [1.165, 1.54) is 12.0 Å². The second-order valence-electron chi connectivity index (χ2n) is 6.73. The summed E-state index contributed by atoms with van der Waals surface area (Å²) >= 11 is 0. The average Bonchev–Trinajstić information content (AvgIpc) is 3.09. The molecule has 0 aliphatic carbocycles. The van der Waals surface area contributed by atoms with Crippen molar-refractivity contribution in [1.29, 1.82) is 0 Å². The van der Waals surface area contributed by atoms with Crippen molar-refractivity contribution in [1.82, 2.24) is 9.80 Å². The lowest BCUT2D eigenvalue weighted by Gasteiger charge is -2.43. The van der Waals surface area contributed by atoms with Crippen molar-refractivity contribution in [3.05, 3.63) is 35.9 Å². The van der Waals surface area contributed by atoms with E-state index >= 15 is 0 Å². The number of ether oxygens (including phenoxy) is 2. The standard InChI is InChI=1S/C19H24N2O5/c1-25-16(22)13-20-11-5-9-19(17(20)23)10-6-12-21(19)18(24)26-14-15-7-3-2-4-8-15/h2-4,7-8H,5-6,9-14H2,1H3/t19-/m1/s1. The van der Waals surface area contributed by atoms with Gasteiger partial charge in [-0.15, -0.1) is 0 Å². The Hall–Kier alpha value is -2.57. The van der Waals surface area contributed by atoms with Gasteiger partial charge in [-0.05, 0) is 31.2 Å². The Morgan fingerprint density at radius 3 is 2.50 bits per heavy atom. The summed E-state index contributed by atoms with van der Waals surface area (Å²) in [6.07, 6.45) is 2.22. The zero-order chi connectivity index (χ0) is 18.6. The molecule has 1 spiro atoms. The topological polar surface area (TPSA) is 76.2 Å². The normalized spacial score (nSPS) is 22.6. The number of hydrogen-bond donors (Lipinski definition) is 0. The van der Waals surface area contributed by atoms with Crippen LogP contribution in [-0.2, 0) is 25.7 Å². The molecule has 0 aromatic heterocycles. The molecular formula is C19H24N2O5. The molecule has 1 aromatic rings. The number of carbonyl (C=O) groups is 3. The molecule has 1 atom stereocenters. The van der Waals surface area contributed by atoms with Crippen LogP contribution < -0.4 is 0 Å². The van der Waals surface area contributed by atoms with Crippen molar-refractivity contribution in [2.75, 3.05) is 26.7 Å². The summed E-state index contributed by atoms with van der Waals surface area (Å²) in [7, 11) is 1.30. The Bertz CT molecular complexity index is 678. The summed E-state index contributed by atoms with van der Waals surface area (Å²) < 4.78 is 10.1. The van der Waals surface area contributed by atoms with E-state index in [2.05, 4.69) is 4.74 Å². The van der Waals surface area contributed by atoms with Gasteiger partial charge < -0.3 is 14.4 Å². The maximum absolute atomic E-state index is 13.1. The third-order valence-electron chi connectivity index (χ3n) is 5.17. The summed E-state index contributed by atoms with van der Waals surface area (Å²) in [5.74, 6) is -0.630. The fraction of sp³-hybridized carbons (Fsp3) is 0.526. The molecule has 2 heterocycles. The summed E-state index contributed by atoms with van der Waals surface area (Å²) in [6.45, 7) is 1.09. The lowest BCUT2D eigenvalue weighted by molar-refractivity contribution is -0.154. The smallest absolute Gasteiger partial charge is 0.411 e. The molecule has 2 aliphatic rings. The van der Waals surface area contributed by atoms with Crippen LogP contribution in [0.5, 0.6) is 0 Å². The Morgan fingerprint density at radius 1 is 1.12 bits per heavy atom. The van der Waals surface area contributed by atoms with E-state index in [0.29, 0.717) is 25.9 Å². The summed E-state index contributed by atoms with van der Waals surface area (Å²) in [4.78, 5) is 40.4. The number of rotatable bonds is 4. The van der Waals surface area contributed by atoms with Gasteiger partial charge >= 0.3 is 12.1 Å². The predicted molar refractivity (Wildman–Crippen MR) is 93.1 cm³/mol. The van der Waals surface area contributed by atoms with Gasteiger partial charge in [0.25, 0.3) is 0 Å². The van der Waals surface area contributed by atoms with Gasteiger partial charge in [-0.3, -0.25) is 14.5 Å². The first-order valence-corrected chi connectivity index (χ1v) is 8.91. The molecular weight excluding hydrogens is 336 g/mol. The zero-order valence-corrected chi connectivity index (χ0v) is 15.0. The minimum Gasteiger partial charge on any atom is -0.468 e. The molecule has 7 nitrogen and oxygen atoms in total. The number of nitrogens with zero attached hydrogens (tertiary/aromatic N) is 2. The number of benzene rings is 1. The lowest BCUT2D eigenvalue weighted by atomic mass is 9.85. The average molecular weight is 360 g/mol. The van der Waals surface area contributed by atoms with Crippen LogP contribution in [0, 0.1) is 0 Å². The van der Waals surface area contributed by atoms with Crippen LogP contribution in [0.4, 0.5) is 4.79 Å². The quantitative estimate of drug-likeness (QED) is 0.767. The first-order valence-electron chi connectivity index (χ1n) is 8.91. The highest BCUT2D eigenvalue weighted by atomic mass is 16.6. The van der Waals surface area contributed by atoms with Crippen LogP contribution in [0.3, 0.4) is 0 Å². The number of carbonyl (C=O) groups excluding carboxylic acids is 3. The molecule has 2 saturated heterocycles. The van der Waals surface area contributed by atoms with Gasteiger partial charge in [0.15, 0.2) is 0 Å². The molecule has 1 aromatic carbocycles. The van der Waals surface area contributed by atoms with E-state index in [9.17, 15) is 14.4 Å². The summed E-state index contributed by atoms with van der Waals surface area (Å²) in [5.41, 5.74) is 0.0106. The Labute approximate surface area is 152 Å². The Morgan fingerprint density at radius 2 is 1.81 bits per heavy atom. The van der Waals surface area contributed by atoms with Crippen molar-refractivity contribution in [2.24, 2.45) is 0 Å². The predicted octanol–water partition coefficient (Wildman–Crippen LogP) is 1.95. The fourth-order valence-electron chi connectivity index (χ4n) is 3.86. The van der Waals surface area contributed by atoms with Gasteiger partial charge in [0.1, 0.15) is 18.7 Å².